The number of carbonyl (C=O) groups excluding carboxylic acids is 1. The van der Waals surface area contributed by atoms with Gasteiger partial charge in [-0.3, -0.25) is 4.79 Å². The third-order valence-corrected chi connectivity index (χ3v) is 5.09. The summed E-state index contributed by atoms with van der Waals surface area (Å²) in [7, 11) is 0. The first-order valence-electron chi connectivity index (χ1n) is 7.97. The fraction of sp³-hybridized carbons (Fsp3) is 0.316. The molecule has 0 spiro atoms. The zero-order valence-electron chi connectivity index (χ0n) is 14.1. The molecule has 1 aliphatic heterocycles. The molecule has 24 heavy (non-hydrogen) atoms. The number of anilines is 1. The lowest BCUT2D eigenvalue weighted by atomic mass is 10.2. The average Bonchev–Trinajstić information content (AvgIpc) is 2.57. The van der Waals surface area contributed by atoms with Gasteiger partial charge in [0.1, 0.15) is 13.2 Å². The second-order valence-electron chi connectivity index (χ2n) is 5.88. The van der Waals surface area contributed by atoms with Crippen LogP contribution in [-0.4, -0.2) is 24.4 Å². The van der Waals surface area contributed by atoms with Gasteiger partial charge in [0.05, 0.1) is 5.25 Å². The van der Waals surface area contributed by atoms with E-state index < -0.39 is 0 Å². The van der Waals surface area contributed by atoms with Crippen molar-refractivity contribution < 1.29 is 14.3 Å². The van der Waals surface area contributed by atoms with E-state index in [4.69, 9.17) is 9.47 Å². The quantitative estimate of drug-likeness (QED) is 0.846. The lowest BCUT2D eigenvalue weighted by Gasteiger charge is -2.19. The number of benzene rings is 2. The summed E-state index contributed by atoms with van der Waals surface area (Å²) in [5.41, 5.74) is 3.14. The van der Waals surface area contributed by atoms with Crippen molar-refractivity contribution in [3.05, 3.63) is 47.5 Å². The van der Waals surface area contributed by atoms with Gasteiger partial charge in [-0.2, -0.15) is 0 Å². The van der Waals surface area contributed by atoms with Gasteiger partial charge in [0, 0.05) is 16.6 Å². The molecule has 0 saturated carbocycles. The molecule has 1 aliphatic rings. The zero-order valence-corrected chi connectivity index (χ0v) is 14.9. The zero-order chi connectivity index (χ0) is 17.1. The normalized spacial score (nSPS) is 14.1. The van der Waals surface area contributed by atoms with Crippen LogP contribution in [0, 0.1) is 13.8 Å². The molecule has 1 amide bonds. The van der Waals surface area contributed by atoms with Gasteiger partial charge in [-0.25, -0.2) is 0 Å². The Kier molecular flexibility index (Phi) is 5.00. The molecule has 0 bridgehead atoms. The molecule has 1 atom stereocenters. The molecule has 0 saturated heterocycles. The van der Waals surface area contributed by atoms with Crippen LogP contribution in [0.1, 0.15) is 18.1 Å². The Morgan fingerprint density at radius 1 is 1.08 bits per heavy atom. The molecule has 126 valence electrons. The number of fused-ring (bicyclic) bond motifs is 1. The minimum absolute atomic E-state index is 0.0309. The molecule has 1 N–H and O–H groups in total. The van der Waals surface area contributed by atoms with Gasteiger partial charge in [0.15, 0.2) is 11.5 Å². The van der Waals surface area contributed by atoms with Crippen LogP contribution < -0.4 is 14.8 Å². The van der Waals surface area contributed by atoms with Gasteiger partial charge in [-0.05, 0) is 44.5 Å². The Labute approximate surface area is 146 Å². The van der Waals surface area contributed by atoms with Crippen LogP contribution in [0.25, 0.3) is 0 Å². The summed E-state index contributed by atoms with van der Waals surface area (Å²) in [5.74, 6) is 1.36. The Morgan fingerprint density at radius 2 is 1.83 bits per heavy atom. The maximum atomic E-state index is 12.5. The van der Waals surface area contributed by atoms with Crippen molar-refractivity contribution in [1.82, 2.24) is 0 Å². The van der Waals surface area contributed by atoms with E-state index in [9.17, 15) is 4.79 Å². The second kappa shape index (κ2) is 7.18. The van der Waals surface area contributed by atoms with Crippen LogP contribution >= 0.6 is 11.8 Å². The van der Waals surface area contributed by atoms with Crippen LogP contribution in [0.4, 0.5) is 5.69 Å². The predicted molar refractivity (Wildman–Crippen MR) is 97.3 cm³/mol. The molecular formula is C19H21NO3S. The first kappa shape index (κ1) is 16.7. The number of hydrogen-bond donors (Lipinski definition) is 1. The van der Waals surface area contributed by atoms with Gasteiger partial charge in [-0.1, -0.05) is 17.7 Å². The average molecular weight is 343 g/mol. The molecule has 2 aromatic rings. The molecule has 1 heterocycles. The van der Waals surface area contributed by atoms with Gasteiger partial charge in [0.2, 0.25) is 5.91 Å². The highest BCUT2D eigenvalue weighted by Crippen LogP contribution is 2.33. The van der Waals surface area contributed by atoms with E-state index in [0.717, 1.165) is 16.3 Å². The highest BCUT2D eigenvalue weighted by atomic mass is 32.2. The van der Waals surface area contributed by atoms with Gasteiger partial charge in [0.25, 0.3) is 0 Å². The highest BCUT2D eigenvalue weighted by Gasteiger charge is 2.17. The molecule has 5 heteroatoms. The van der Waals surface area contributed by atoms with Gasteiger partial charge < -0.3 is 14.8 Å². The third-order valence-electron chi connectivity index (χ3n) is 3.81. The molecule has 0 unspecified atom stereocenters. The van der Waals surface area contributed by atoms with E-state index in [0.29, 0.717) is 19.0 Å². The molecule has 0 aliphatic carbocycles. The molecule has 0 aromatic heterocycles. The topological polar surface area (TPSA) is 47.6 Å². The van der Waals surface area contributed by atoms with Crippen molar-refractivity contribution in [2.75, 3.05) is 18.5 Å². The molecule has 2 aromatic carbocycles. The van der Waals surface area contributed by atoms with Crippen molar-refractivity contribution in [2.24, 2.45) is 0 Å². The standard InChI is InChI=1S/C19H21NO3S/c1-12-4-7-18(13(2)10-12)24-14(3)19(21)20-15-5-6-16-17(11-15)23-9-8-22-16/h4-7,10-11,14H,8-9H2,1-3H3,(H,20,21)/t14-/m0/s1. The van der Waals surface area contributed by atoms with Crippen molar-refractivity contribution in [3.8, 4) is 11.5 Å². The lowest BCUT2D eigenvalue weighted by molar-refractivity contribution is -0.115. The summed E-state index contributed by atoms with van der Waals surface area (Å²) < 4.78 is 11.0. The van der Waals surface area contributed by atoms with Crippen molar-refractivity contribution in [1.29, 1.82) is 0 Å². The first-order chi connectivity index (χ1) is 11.5. The number of hydrogen-bond acceptors (Lipinski definition) is 4. The maximum absolute atomic E-state index is 12.5. The number of thioether (sulfide) groups is 1. The number of aryl methyl sites for hydroxylation is 2. The van der Waals surface area contributed by atoms with E-state index in [1.165, 1.54) is 11.1 Å². The van der Waals surface area contributed by atoms with Crippen molar-refractivity contribution >= 4 is 23.4 Å². The summed E-state index contributed by atoms with van der Waals surface area (Å²) in [6.07, 6.45) is 0. The molecule has 0 fully saturated rings. The Bertz CT molecular complexity index is 760. The van der Waals surface area contributed by atoms with E-state index in [1.807, 2.05) is 19.1 Å². The Morgan fingerprint density at radius 3 is 2.58 bits per heavy atom. The summed E-state index contributed by atoms with van der Waals surface area (Å²) in [5, 5.41) is 2.75. The molecule has 3 rings (SSSR count). The maximum Gasteiger partial charge on any atom is 0.237 e. The van der Waals surface area contributed by atoms with Crippen molar-refractivity contribution in [2.45, 2.75) is 30.9 Å². The van der Waals surface area contributed by atoms with E-state index in [2.05, 4.69) is 37.4 Å². The summed E-state index contributed by atoms with van der Waals surface area (Å²) in [6.45, 7) is 7.14. The summed E-state index contributed by atoms with van der Waals surface area (Å²) >= 11 is 1.57. The molecule has 0 radical (unpaired) electrons. The fourth-order valence-corrected chi connectivity index (χ4v) is 3.48. The highest BCUT2D eigenvalue weighted by molar-refractivity contribution is 8.00. The number of nitrogens with one attached hydrogen (secondary N) is 1. The minimum atomic E-state index is -0.195. The number of amides is 1. The Hall–Kier alpha value is -2.14. The van der Waals surface area contributed by atoms with Crippen LogP contribution in [0.3, 0.4) is 0 Å². The van der Waals surface area contributed by atoms with E-state index >= 15 is 0 Å². The first-order valence-corrected chi connectivity index (χ1v) is 8.85. The molecular weight excluding hydrogens is 322 g/mol. The third kappa shape index (κ3) is 3.85. The van der Waals surface area contributed by atoms with Gasteiger partial charge >= 0.3 is 0 Å². The summed E-state index contributed by atoms with van der Waals surface area (Å²) in [6, 6.07) is 11.7. The lowest BCUT2D eigenvalue weighted by Crippen LogP contribution is -2.22. The van der Waals surface area contributed by atoms with Crippen LogP contribution in [0.15, 0.2) is 41.3 Å². The molecule has 4 nitrogen and oxygen atoms in total. The minimum Gasteiger partial charge on any atom is -0.486 e. The van der Waals surface area contributed by atoms with Crippen molar-refractivity contribution in [3.63, 3.8) is 0 Å². The Balaban J connectivity index is 1.65. The second-order valence-corrected chi connectivity index (χ2v) is 7.26. The summed E-state index contributed by atoms with van der Waals surface area (Å²) in [4.78, 5) is 13.6. The van der Waals surface area contributed by atoms with E-state index in [1.54, 1.807) is 17.8 Å². The SMILES string of the molecule is Cc1ccc(S[C@@H](C)C(=O)Nc2ccc3c(c2)OCCO3)c(C)c1. The number of rotatable bonds is 4. The van der Waals surface area contributed by atoms with E-state index in [-0.39, 0.29) is 11.2 Å². The number of ether oxygens (including phenoxy) is 2. The predicted octanol–water partition coefficient (Wildman–Crippen LogP) is 4.19. The van der Waals surface area contributed by atoms with Crippen LogP contribution in [0.2, 0.25) is 0 Å². The van der Waals surface area contributed by atoms with Gasteiger partial charge in [-0.15, -0.1) is 11.8 Å². The fourth-order valence-electron chi connectivity index (χ4n) is 2.54. The largest absolute Gasteiger partial charge is 0.486 e. The number of carbonyl (C=O) groups is 1. The smallest absolute Gasteiger partial charge is 0.237 e. The monoisotopic (exact) mass is 343 g/mol. The van der Waals surface area contributed by atoms with Crippen LogP contribution in [0.5, 0.6) is 11.5 Å². The van der Waals surface area contributed by atoms with Crippen LogP contribution in [-0.2, 0) is 4.79 Å².